The van der Waals surface area contributed by atoms with Crippen molar-refractivity contribution in [3.05, 3.63) is 82.7 Å². The lowest BCUT2D eigenvalue weighted by atomic mass is 9.69. The first-order valence-electron chi connectivity index (χ1n) is 13.2. The highest BCUT2D eigenvalue weighted by atomic mass is 19.2. The fourth-order valence-corrected chi connectivity index (χ4v) is 5.93. The van der Waals surface area contributed by atoms with Gasteiger partial charge in [0.05, 0.1) is 11.0 Å². The molecule has 0 fully saturated rings. The molecule has 2 aromatic carbocycles. The van der Waals surface area contributed by atoms with Crippen LogP contribution in [-0.4, -0.2) is 9.97 Å². The Balaban J connectivity index is 1.93. The molecule has 0 saturated carbocycles. The molecule has 0 N–H and O–H groups in total. The molecule has 0 aliphatic carbocycles. The van der Waals surface area contributed by atoms with Crippen molar-refractivity contribution in [2.45, 2.75) is 84.0 Å². The molecule has 4 aromatic rings. The number of nitrogens with zero attached hydrogens (tertiary/aromatic N) is 2. The normalized spacial score (nSPS) is 13.9. The summed E-state index contributed by atoms with van der Waals surface area (Å²) < 4.78 is 63.2. The first kappa shape index (κ1) is 27.0. The average Bonchev–Trinajstić information content (AvgIpc) is 2.91. The maximum atomic E-state index is 15.9. The van der Waals surface area contributed by atoms with Crippen LogP contribution in [0.2, 0.25) is 0 Å². The Hall–Kier alpha value is -3.02. The molecule has 2 aromatic heterocycles. The maximum absolute atomic E-state index is 15.9. The minimum absolute atomic E-state index is 0.198. The lowest BCUT2D eigenvalue weighted by Crippen LogP contribution is -2.34. The van der Waals surface area contributed by atoms with E-state index in [4.69, 9.17) is 0 Å². The molecular formula is C31H34F4N2. The predicted molar refractivity (Wildman–Crippen MR) is 142 cm³/mol. The summed E-state index contributed by atoms with van der Waals surface area (Å²) >= 11 is 0. The van der Waals surface area contributed by atoms with Crippen molar-refractivity contribution in [2.24, 2.45) is 0 Å². The van der Waals surface area contributed by atoms with Gasteiger partial charge in [0.1, 0.15) is 0 Å². The second-order valence-corrected chi connectivity index (χ2v) is 10.3. The van der Waals surface area contributed by atoms with Gasteiger partial charge in [-0.25, -0.2) is 17.6 Å². The van der Waals surface area contributed by atoms with Crippen molar-refractivity contribution < 1.29 is 17.6 Å². The summed E-state index contributed by atoms with van der Waals surface area (Å²) in [5, 5.41) is 1.74. The van der Waals surface area contributed by atoms with Gasteiger partial charge >= 0.3 is 0 Å². The minimum Gasteiger partial charge on any atom is -0.254 e. The summed E-state index contributed by atoms with van der Waals surface area (Å²) in [6.45, 7) is 8.96. The molecule has 0 aliphatic rings. The average molecular weight is 511 g/mol. The van der Waals surface area contributed by atoms with Gasteiger partial charge in [0.2, 0.25) is 0 Å². The third-order valence-corrected chi connectivity index (χ3v) is 8.43. The first-order valence-corrected chi connectivity index (χ1v) is 13.2. The first-order chi connectivity index (χ1) is 17.7. The van der Waals surface area contributed by atoms with Crippen molar-refractivity contribution in [2.75, 3.05) is 0 Å². The topological polar surface area (TPSA) is 25.8 Å². The summed E-state index contributed by atoms with van der Waals surface area (Å²) in [5.41, 5.74) is -0.931. The van der Waals surface area contributed by atoms with Gasteiger partial charge in [-0.2, -0.15) is 0 Å². The summed E-state index contributed by atoms with van der Waals surface area (Å²) in [4.78, 5) is 8.99. The van der Waals surface area contributed by atoms with Gasteiger partial charge in [-0.3, -0.25) is 9.97 Å². The molecule has 4 rings (SSSR count). The quantitative estimate of drug-likeness (QED) is 0.127. The number of halogens is 4. The van der Waals surface area contributed by atoms with Crippen LogP contribution in [0.3, 0.4) is 0 Å². The largest absolute Gasteiger partial charge is 0.254 e. The highest BCUT2D eigenvalue weighted by Gasteiger charge is 2.42. The molecule has 196 valence electrons. The molecule has 0 radical (unpaired) electrons. The lowest BCUT2D eigenvalue weighted by Gasteiger charge is -2.36. The van der Waals surface area contributed by atoms with Crippen LogP contribution in [0.25, 0.3) is 21.8 Å². The SMILES string of the molecule is CCCC(C)(CC)c1c(F)c(F)c(C(CC)(CC)Cc2ccnc3c2ccc2cccnc23)c(F)c1F. The van der Waals surface area contributed by atoms with E-state index >= 15 is 17.6 Å². The molecule has 1 atom stereocenters. The summed E-state index contributed by atoms with van der Waals surface area (Å²) in [5.74, 6) is -5.10. The number of hydrogen-bond donors (Lipinski definition) is 0. The smallest absolute Gasteiger partial charge is 0.166 e. The number of benzene rings is 2. The van der Waals surface area contributed by atoms with Gasteiger partial charge in [0.25, 0.3) is 0 Å². The lowest BCUT2D eigenvalue weighted by molar-refractivity contribution is 0.309. The van der Waals surface area contributed by atoms with Gasteiger partial charge in [-0.1, -0.05) is 59.2 Å². The Kier molecular flexibility index (Phi) is 7.59. The van der Waals surface area contributed by atoms with Crippen LogP contribution in [0.1, 0.15) is 83.4 Å². The van der Waals surface area contributed by atoms with E-state index in [1.165, 1.54) is 0 Å². The molecule has 2 heterocycles. The minimum atomic E-state index is -1.28. The van der Waals surface area contributed by atoms with Crippen molar-refractivity contribution >= 4 is 21.8 Å². The Labute approximate surface area is 216 Å². The number of aromatic nitrogens is 2. The Morgan fingerprint density at radius 2 is 1.32 bits per heavy atom. The van der Waals surface area contributed by atoms with Gasteiger partial charge < -0.3 is 0 Å². The maximum Gasteiger partial charge on any atom is 0.166 e. The molecule has 2 nitrogen and oxygen atoms in total. The van der Waals surface area contributed by atoms with E-state index < -0.39 is 45.2 Å². The van der Waals surface area contributed by atoms with E-state index in [0.29, 0.717) is 37.6 Å². The van der Waals surface area contributed by atoms with E-state index in [1.54, 1.807) is 40.1 Å². The summed E-state index contributed by atoms with van der Waals surface area (Å²) in [7, 11) is 0. The van der Waals surface area contributed by atoms with E-state index in [0.717, 1.165) is 21.9 Å². The standard InChI is InChI=1S/C31H34F4N2/c1-6-15-30(5,7-2)22-24(32)26(34)23(27(35)25(22)33)31(8-3,9-4)18-20-14-17-37-29-21(20)13-12-19-11-10-16-36-28(19)29/h10-14,16-17H,6-9,15,18H2,1-5H3. The van der Waals surface area contributed by atoms with E-state index in [2.05, 4.69) is 9.97 Å². The van der Waals surface area contributed by atoms with Crippen LogP contribution in [0.15, 0.2) is 42.7 Å². The number of pyridine rings is 2. The summed E-state index contributed by atoms with van der Waals surface area (Å²) in [6, 6.07) is 9.46. The molecule has 0 saturated heterocycles. The Morgan fingerprint density at radius 1 is 0.703 bits per heavy atom. The highest BCUT2D eigenvalue weighted by Crippen LogP contribution is 2.45. The fourth-order valence-electron chi connectivity index (χ4n) is 5.93. The molecule has 0 aliphatic heterocycles. The molecule has 0 spiro atoms. The third kappa shape index (κ3) is 4.38. The molecule has 37 heavy (non-hydrogen) atoms. The zero-order valence-corrected chi connectivity index (χ0v) is 22.2. The second kappa shape index (κ2) is 10.4. The van der Waals surface area contributed by atoms with E-state index in [-0.39, 0.29) is 6.42 Å². The molecular weight excluding hydrogens is 476 g/mol. The predicted octanol–water partition coefficient (Wildman–Crippen LogP) is 9.11. The van der Waals surface area contributed by atoms with E-state index in [1.807, 2.05) is 37.3 Å². The van der Waals surface area contributed by atoms with Gasteiger partial charge in [0, 0.05) is 39.7 Å². The van der Waals surface area contributed by atoms with Crippen molar-refractivity contribution in [3.8, 4) is 0 Å². The highest BCUT2D eigenvalue weighted by molar-refractivity contribution is 6.03. The van der Waals surface area contributed by atoms with Crippen LogP contribution < -0.4 is 0 Å². The van der Waals surface area contributed by atoms with Gasteiger partial charge in [-0.15, -0.1) is 0 Å². The molecule has 6 heteroatoms. The van der Waals surface area contributed by atoms with Crippen LogP contribution in [0, 0.1) is 23.3 Å². The zero-order valence-electron chi connectivity index (χ0n) is 22.2. The van der Waals surface area contributed by atoms with Gasteiger partial charge in [-0.05, 0) is 55.2 Å². The van der Waals surface area contributed by atoms with Crippen molar-refractivity contribution in [1.29, 1.82) is 0 Å². The third-order valence-electron chi connectivity index (χ3n) is 8.43. The Bertz CT molecular complexity index is 1420. The number of fused-ring (bicyclic) bond motifs is 3. The molecule has 1 unspecified atom stereocenters. The van der Waals surface area contributed by atoms with Crippen LogP contribution in [0.5, 0.6) is 0 Å². The summed E-state index contributed by atoms with van der Waals surface area (Å²) in [6.07, 6.45) is 5.56. The number of rotatable bonds is 9. The van der Waals surface area contributed by atoms with Crippen LogP contribution in [0.4, 0.5) is 17.6 Å². The van der Waals surface area contributed by atoms with Crippen LogP contribution in [-0.2, 0) is 17.3 Å². The fraction of sp³-hybridized carbons (Fsp3) is 0.419. The van der Waals surface area contributed by atoms with Crippen molar-refractivity contribution in [1.82, 2.24) is 9.97 Å². The van der Waals surface area contributed by atoms with E-state index in [9.17, 15) is 0 Å². The van der Waals surface area contributed by atoms with Crippen LogP contribution >= 0.6 is 0 Å². The molecule has 0 amide bonds. The zero-order chi connectivity index (χ0) is 27.0. The van der Waals surface area contributed by atoms with Crippen molar-refractivity contribution in [3.63, 3.8) is 0 Å². The monoisotopic (exact) mass is 510 g/mol. The Morgan fingerprint density at radius 3 is 1.92 bits per heavy atom. The molecule has 0 bridgehead atoms. The van der Waals surface area contributed by atoms with Gasteiger partial charge in [0.15, 0.2) is 23.3 Å². The number of hydrogen-bond acceptors (Lipinski definition) is 2. The second-order valence-electron chi connectivity index (χ2n) is 10.3.